The molecule has 0 amide bonds. The summed E-state index contributed by atoms with van der Waals surface area (Å²) in [6, 6.07) is 0.495. The van der Waals surface area contributed by atoms with Gasteiger partial charge in [0, 0.05) is 37.8 Å². The molecule has 1 rings (SSSR count). The van der Waals surface area contributed by atoms with Crippen molar-refractivity contribution in [2.24, 2.45) is 9.98 Å². The van der Waals surface area contributed by atoms with Crippen LogP contribution in [-0.4, -0.2) is 50.7 Å². The van der Waals surface area contributed by atoms with Crippen molar-refractivity contribution in [1.82, 2.24) is 10.6 Å². The number of rotatable bonds is 0. The lowest BCUT2D eigenvalue weighted by Crippen LogP contribution is -2.30. The Bertz CT molecular complexity index is 235. The van der Waals surface area contributed by atoms with Crippen molar-refractivity contribution in [3.8, 4) is 0 Å². The van der Waals surface area contributed by atoms with Gasteiger partial charge in [-0.1, -0.05) is 0 Å². The van der Waals surface area contributed by atoms with E-state index < -0.39 is 0 Å². The Kier molecular flexibility index (Phi) is 7.01. The van der Waals surface area contributed by atoms with Gasteiger partial charge in [-0.2, -0.15) is 0 Å². The summed E-state index contributed by atoms with van der Waals surface area (Å²) in [5.74, 6) is 0. The van der Waals surface area contributed by atoms with E-state index in [9.17, 15) is 0 Å². The van der Waals surface area contributed by atoms with Crippen molar-refractivity contribution in [2.75, 3.05) is 32.7 Å². The first-order chi connectivity index (χ1) is 7.79. The zero-order chi connectivity index (χ0) is 11.6. The highest BCUT2D eigenvalue weighted by atomic mass is 14.9. The van der Waals surface area contributed by atoms with E-state index in [1.54, 1.807) is 0 Å². The fraction of sp³-hybridized carbons (Fsp3) is 0.833. The summed E-state index contributed by atoms with van der Waals surface area (Å²) in [6.07, 6.45) is 4.06. The van der Waals surface area contributed by atoms with Crippen LogP contribution in [0, 0.1) is 0 Å². The van der Waals surface area contributed by atoms with Gasteiger partial charge in [-0.05, 0) is 26.5 Å². The summed E-state index contributed by atoms with van der Waals surface area (Å²) in [4.78, 5) is 8.90. The number of hydrogen-bond acceptors (Lipinski definition) is 4. The molecular formula is C12H24N4. The third-order valence-electron chi connectivity index (χ3n) is 2.58. The first-order valence-corrected chi connectivity index (χ1v) is 6.21. The molecule has 0 bridgehead atoms. The average Bonchev–Trinajstić information content (AvgIpc) is 2.25. The largest absolute Gasteiger partial charge is 0.315 e. The second-order valence-corrected chi connectivity index (χ2v) is 4.30. The zero-order valence-corrected chi connectivity index (χ0v) is 10.5. The molecule has 1 aliphatic heterocycles. The fourth-order valence-corrected chi connectivity index (χ4v) is 1.76. The third-order valence-corrected chi connectivity index (χ3v) is 2.58. The first-order valence-electron chi connectivity index (χ1n) is 6.21. The predicted molar refractivity (Wildman–Crippen MR) is 70.9 cm³/mol. The minimum atomic E-state index is 0.495. The molecule has 1 atom stereocenters. The van der Waals surface area contributed by atoms with E-state index in [4.69, 9.17) is 0 Å². The van der Waals surface area contributed by atoms with E-state index >= 15 is 0 Å². The molecule has 0 saturated heterocycles. The van der Waals surface area contributed by atoms with E-state index in [2.05, 4.69) is 34.5 Å². The molecule has 4 nitrogen and oxygen atoms in total. The quantitative estimate of drug-likeness (QED) is 0.642. The van der Waals surface area contributed by atoms with Gasteiger partial charge in [0.05, 0.1) is 13.1 Å². The smallest absolute Gasteiger partial charge is 0.0513 e. The summed E-state index contributed by atoms with van der Waals surface area (Å²) in [6.45, 7) is 9.00. The maximum absolute atomic E-state index is 4.54. The van der Waals surface area contributed by atoms with Crippen LogP contribution < -0.4 is 10.6 Å². The molecule has 1 heterocycles. The highest BCUT2D eigenvalue weighted by Crippen LogP contribution is 1.94. The average molecular weight is 224 g/mol. The van der Waals surface area contributed by atoms with Crippen LogP contribution in [0.15, 0.2) is 9.98 Å². The lowest BCUT2D eigenvalue weighted by molar-refractivity contribution is 0.569. The maximum atomic E-state index is 4.54. The molecule has 0 spiro atoms. The third kappa shape index (κ3) is 6.69. The van der Waals surface area contributed by atoms with Gasteiger partial charge < -0.3 is 10.6 Å². The SMILES string of the molecule is CC1=NCCNCCC=NCCNC(C)C1. The molecule has 1 aliphatic rings. The Morgan fingerprint density at radius 3 is 3.00 bits per heavy atom. The van der Waals surface area contributed by atoms with Gasteiger partial charge in [0.15, 0.2) is 0 Å². The molecular weight excluding hydrogens is 200 g/mol. The molecule has 0 aromatic rings. The van der Waals surface area contributed by atoms with E-state index in [1.807, 2.05) is 6.21 Å². The van der Waals surface area contributed by atoms with Crippen molar-refractivity contribution >= 4 is 11.9 Å². The molecule has 0 saturated carbocycles. The van der Waals surface area contributed by atoms with Crippen molar-refractivity contribution in [1.29, 1.82) is 0 Å². The van der Waals surface area contributed by atoms with Gasteiger partial charge in [-0.25, -0.2) is 0 Å². The lowest BCUT2D eigenvalue weighted by atomic mass is 10.1. The summed E-state index contributed by atoms with van der Waals surface area (Å²) in [5, 5.41) is 6.81. The Hall–Kier alpha value is -0.740. The number of aliphatic imine (C=N–C) groups is 2. The van der Waals surface area contributed by atoms with E-state index in [1.165, 1.54) is 5.71 Å². The van der Waals surface area contributed by atoms with Gasteiger partial charge in [-0.15, -0.1) is 0 Å². The number of hydrogen-bond donors (Lipinski definition) is 2. The second kappa shape index (κ2) is 8.42. The molecule has 0 aromatic carbocycles. The van der Waals surface area contributed by atoms with Crippen molar-refractivity contribution in [3.63, 3.8) is 0 Å². The van der Waals surface area contributed by atoms with Crippen LogP contribution in [0.3, 0.4) is 0 Å². The van der Waals surface area contributed by atoms with Crippen LogP contribution in [0.25, 0.3) is 0 Å². The summed E-state index contributed by atoms with van der Waals surface area (Å²) in [5.41, 5.74) is 1.24. The van der Waals surface area contributed by atoms with Gasteiger partial charge in [-0.3, -0.25) is 9.98 Å². The summed E-state index contributed by atoms with van der Waals surface area (Å²) >= 11 is 0. The Morgan fingerprint density at radius 1 is 1.25 bits per heavy atom. The van der Waals surface area contributed by atoms with Gasteiger partial charge in [0.25, 0.3) is 0 Å². The normalized spacial score (nSPS) is 25.9. The van der Waals surface area contributed by atoms with E-state index in [0.717, 1.165) is 45.6 Å². The Morgan fingerprint density at radius 2 is 2.12 bits per heavy atom. The molecule has 2 N–H and O–H groups in total. The van der Waals surface area contributed by atoms with E-state index in [-0.39, 0.29) is 0 Å². The number of nitrogens with one attached hydrogen (secondary N) is 2. The predicted octanol–water partition coefficient (Wildman–Crippen LogP) is 0.880. The zero-order valence-electron chi connectivity index (χ0n) is 10.5. The number of nitrogens with zero attached hydrogens (tertiary/aromatic N) is 2. The van der Waals surface area contributed by atoms with Crippen molar-refractivity contribution < 1.29 is 0 Å². The topological polar surface area (TPSA) is 48.8 Å². The van der Waals surface area contributed by atoms with Crippen molar-refractivity contribution in [3.05, 3.63) is 0 Å². The van der Waals surface area contributed by atoms with Crippen LogP contribution in [-0.2, 0) is 0 Å². The van der Waals surface area contributed by atoms with Crippen molar-refractivity contribution in [2.45, 2.75) is 32.7 Å². The highest BCUT2D eigenvalue weighted by molar-refractivity contribution is 5.82. The molecule has 0 radical (unpaired) electrons. The van der Waals surface area contributed by atoms with Gasteiger partial charge >= 0.3 is 0 Å². The minimum Gasteiger partial charge on any atom is -0.315 e. The lowest BCUT2D eigenvalue weighted by Gasteiger charge is -2.13. The Balaban J connectivity index is 2.37. The van der Waals surface area contributed by atoms with Crippen LogP contribution in [0.5, 0.6) is 0 Å². The molecule has 16 heavy (non-hydrogen) atoms. The monoisotopic (exact) mass is 224 g/mol. The molecule has 92 valence electrons. The second-order valence-electron chi connectivity index (χ2n) is 4.30. The standard InChI is InChI=1S/C12H24N4/c1-11-10-12(2)16-9-7-14-5-3-4-13-6-8-15-11/h4,11,14-15H,3,5-10H2,1-2H3. The van der Waals surface area contributed by atoms with Crippen LogP contribution in [0.1, 0.15) is 26.7 Å². The summed E-state index contributed by atoms with van der Waals surface area (Å²) < 4.78 is 0. The Labute approximate surface area is 98.6 Å². The van der Waals surface area contributed by atoms with E-state index in [0.29, 0.717) is 6.04 Å². The van der Waals surface area contributed by atoms with Crippen LogP contribution in [0.2, 0.25) is 0 Å². The van der Waals surface area contributed by atoms with Gasteiger partial charge in [0.2, 0.25) is 0 Å². The minimum absolute atomic E-state index is 0.495. The van der Waals surface area contributed by atoms with Gasteiger partial charge in [0.1, 0.15) is 0 Å². The molecule has 4 heteroatoms. The first kappa shape index (κ1) is 13.3. The maximum Gasteiger partial charge on any atom is 0.0513 e. The van der Waals surface area contributed by atoms with Crippen LogP contribution >= 0.6 is 0 Å². The molecule has 1 unspecified atom stereocenters. The highest BCUT2D eigenvalue weighted by Gasteiger charge is 2.02. The fourth-order valence-electron chi connectivity index (χ4n) is 1.76. The van der Waals surface area contributed by atoms with Crippen LogP contribution in [0.4, 0.5) is 0 Å². The summed E-state index contributed by atoms with van der Waals surface area (Å²) in [7, 11) is 0. The molecule has 0 fully saturated rings. The molecule has 0 aromatic heterocycles. The molecule has 0 aliphatic carbocycles.